The Morgan fingerprint density at radius 2 is 2.00 bits per heavy atom. The fourth-order valence-electron chi connectivity index (χ4n) is 2.85. The van der Waals surface area contributed by atoms with E-state index in [0.29, 0.717) is 11.8 Å². The minimum atomic E-state index is 0.396. The van der Waals surface area contributed by atoms with Crippen LogP contribution in [-0.4, -0.2) is 9.67 Å². The molecule has 1 atom stereocenters. The molecule has 88 valence electrons. The van der Waals surface area contributed by atoms with Gasteiger partial charge in [0.25, 0.3) is 0 Å². The topological polar surface area (TPSA) is 25.2 Å². The Morgan fingerprint density at radius 3 is 2.76 bits per heavy atom. The Hall–Kier alpha value is -1.70. The van der Waals surface area contributed by atoms with E-state index in [1.807, 2.05) is 10.6 Å². The predicted octanol–water partition coefficient (Wildman–Crippen LogP) is 3.15. The van der Waals surface area contributed by atoms with Gasteiger partial charge in [0, 0.05) is 18.2 Å². The smallest absolute Gasteiger partial charge is 0.191 e. The summed E-state index contributed by atoms with van der Waals surface area (Å²) in [6.45, 7) is 5.25. The van der Waals surface area contributed by atoms with E-state index in [4.69, 9.17) is 0 Å². The number of aromatic nitrogens is 1. The summed E-state index contributed by atoms with van der Waals surface area (Å²) in [7, 11) is 0. The molecule has 0 saturated carbocycles. The summed E-state index contributed by atoms with van der Waals surface area (Å²) < 4.78 is 2.02. The van der Waals surface area contributed by atoms with Crippen molar-refractivity contribution < 1.29 is 5.11 Å². The van der Waals surface area contributed by atoms with Crippen LogP contribution in [0.4, 0.5) is 0 Å². The highest BCUT2D eigenvalue weighted by molar-refractivity contribution is 5.38. The van der Waals surface area contributed by atoms with Crippen LogP contribution >= 0.6 is 0 Å². The fraction of sp³-hybridized carbons (Fsp3) is 0.333. The van der Waals surface area contributed by atoms with Crippen molar-refractivity contribution in [2.75, 3.05) is 0 Å². The normalized spacial score (nSPS) is 18.4. The second kappa shape index (κ2) is 3.66. The number of hydrogen-bond donors (Lipinski definition) is 1. The summed E-state index contributed by atoms with van der Waals surface area (Å²) in [6.07, 6.45) is 1.03. The average Bonchev–Trinajstić information content (AvgIpc) is 2.85. The molecule has 2 heterocycles. The van der Waals surface area contributed by atoms with Crippen LogP contribution in [0.25, 0.3) is 0 Å². The lowest BCUT2D eigenvalue weighted by Gasteiger charge is -2.14. The molecule has 0 aliphatic carbocycles. The lowest BCUT2D eigenvalue weighted by atomic mass is 9.91. The number of aryl methyl sites for hydroxylation is 1. The molecule has 0 amide bonds. The molecule has 2 aromatic rings. The molecule has 0 bridgehead atoms. The van der Waals surface area contributed by atoms with Crippen LogP contribution in [0.5, 0.6) is 5.88 Å². The summed E-state index contributed by atoms with van der Waals surface area (Å²) in [5.74, 6) is 0.907. The first-order valence-corrected chi connectivity index (χ1v) is 6.10. The van der Waals surface area contributed by atoms with E-state index in [1.165, 1.54) is 22.4 Å². The van der Waals surface area contributed by atoms with Gasteiger partial charge in [-0.3, -0.25) is 0 Å². The van der Waals surface area contributed by atoms with Crippen molar-refractivity contribution in [3.8, 4) is 5.88 Å². The molecule has 2 heteroatoms. The first-order chi connectivity index (χ1) is 8.16. The van der Waals surface area contributed by atoms with E-state index in [0.717, 1.165) is 13.0 Å². The number of nitrogens with zero attached hydrogens (tertiary/aromatic N) is 1. The Labute approximate surface area is 102 Å². The van der Waals surface area contributed by atoms with Crippen molar-refractivity contribution in [3.63, 3.8) is 0 Å². The van der Waals surface area contributed by atoms with E-state index in [-0.39, 0.29) is 0 Å². The maximum Gasteiger partial charge on any atom is 0.191 e. The SMILES string of the molecule is Cc1cccc(C2Cc3ccc(O)n3C2)c1C. The number of fused-ring (bicyclic) bond motifs is 1. The molecule has 0 saturated heterocycles. The van der Waals surface area contributed by atoms with Crippen molar-refractivity contribution in [3.05, 3.63) is 52.7 Å². The highest BCUT2D eigenvalue weighted by atomic mass is 16.3. The molecule has 17 heavy (non-hydrogen) atoms. The molecule has 1 N–H and O–H groups in total. The van der Waals surface area contributed by atoms with Gasteiger partial charge in [-0.25, -0.2) is 0 Å². The molecule has 1 aliphatic rings. The van der Waals surface area contributed by atoms with Gasteiger partial charge in [-0.05, 0) is 49.1 Å². The first kappa shape index (κ1) is 10.5. The van der Waals surface area contributed by atoms with E-state index in [2.05, 4.69) is 32.0 Å². The summed E-state index contributed by atoms with van der Waals surface area (Å²) >= 11 is 0. The zero-order valence-electron chi connectivity index (χ0n) is 10.3. The van der Waals surface area contributed by atoms with Gasteiger partial charge in [0.15, 0.2) is 5.88 Å². The zero-order chi connectivity index (χ0) is 12.0. The molecule has 0 spiro atoms. The van der Waals surface area contributed by atoms with Gasteiger partial charge >= 0.3 is 0 Å². The van der Waals surface area contributed by atoms with Gasteiger partial charge in [-0.2, -0.15) is 0 Å². The Kier molecular flexibility index (Phi) is 2.25. The van der Waals surface area contributed by atoms with Gasteiger partial charge in [0.05, 0.1) is 0 Å². The first-order valence-electron chi connectivity index (χ1n) is 6.10. The molecular formula is C15H17NO. The maximum atomic E-state index is 9.72. The number of rotatable bonds is 1. The molecular weight excluding hydrogens is 210 g/mol. The van der Waals surface area contributed by atoms with Gasteiger partial charge in [-0.1, -0.05) is 18.2 Å². The fourth-order valence-corrected chi connectivity index (χ4v) is 2.85. The van der Waals surface area contributed by atoms with Crippen LogP contribution < -0.4 is 0 Å². The van der Waals surface area contributed by atoms with Crippen molar-refractivity contribution in [2.24, 2.45) is 0 Å². The predicted molar refractivity (Wildman–Crippen MR) is 68.5 cm³/mol. The third kappa shape index (κ3) is 1.55. The van der Waals surface area contributed by atoms with Gasteiger partial charge in [0.2, 0.25) is 0 Å². The minimum absolute atomic E-state index is 0.396. The van der Waals surface area contributed by atoms with Crippen LogP contribution in [0.3, 0.4) is 0 Å². The van der Waals surface area contributed by atoms with Crippen LogP contribution in [0, 0.1) is 13.8 Å². The molecule has 1 aliphatic heterocycles. The largest absolute Gasteiger partial charge is 0.494 e. The Bertz CT molecular complexity index is 568. The van der Waals surface area contributed by atoms with E-state index in [9.17, 15) is 5.11 Å². The highest BCUT2D eigenvalue weighted by Crippen LogP contribution is 2.35. The van der Waals surface area contributed by atoms with E-state index in [1.54, 1.807) is 6.07 Å². The molecule has 1 aromatic carbocycles. The van der Waals surface area contributed by atoms with Crippen LogP contribution in [0.1, 0.15) is 28.3 Å². The van der Waals surface area contributed by atoms with Gasteiger partial charge < -0.3 is 9.67 Å². The van der Waals surface area contributed by atoms with E-state index < -0.39 is 0 Å². The third-order valence-electron chi connectivity index (χ3n) is 3.99. The highest BCUT2D eigenvalue weighted by Gasteiger charge is 2.25. The molecule has 0 fully saturated rings. The van der Waals surface area contributed by atoms with Gasteiger partial charge in [-0.15, -0.1) is 0 Å². The average molecular weight is 227 g/mol. The monoisotopic (exact) mass is 227 g/mol. The van der Waals surface area contributed by atoms with Gasteiger partial charge in [0.1, 0.15) is 0 Å². The van der Waals surface area contributed by atoms with Crippen molar-refractivity contribution in [1.82, 2.24) is 4.57 Å². The Balaban J connectivity index is 1.96. The lowest BCUT2D eigenvalue weighted by molar-refractivity contribution is 0.418. The molecule has 2 nitrogen and oxygen atoms in total. The number of aromatic hydroxyl groups is 1. The van der Waals surface area contributed by atoms with E-state index >= 15 is 0 Å². The molecule has 1 unspecified atom stereocenters. The molecule has 0 radical (unpaired) electrons. The standard InChI is InChI=1S/C15H17NO/c1-10-4-3-5-14(11(10)2)12-8-13-6-7-15(17)16(13)9-12/h3-7,12,17H,8-9H2,1-2H3. The lowest BCUT2D eigenvalue weighted by Crippen LogP contribution is -2.03. The second-order valence-corrected chi connectivity index (χ2v) is 4.98. The minimum Gasteiger partial charge on any atom is -0.494 e. The summed E-state index contributed by atoms with van der Waals surface area (Å²) in [5, 5.41) is 9.72. The summed E-state index contributed by atoms with van der Waals surface area (Å²) in [6, 6.07) is 10.3. The van der Waals surface area contributed by atoms with Crippen LogP contribution in [0.2, 0.25) is 0 Å². The zero-order valence-corrected chi connectivity index (χ0v) is 10.3. The maximum absolute atomic E-state index is 9.72. The second-order valence-electron chi connectivity index (χ2n) is 4.98. The molecule has 3 rings (SSSR count). The number of benzene rings is 1. The summed E-state index contributed by atoms with van der Waals surface area (Å²) in [5.41, 5.74) is 5.41. The number of hydrogen-bond acceptors (Lipinski definition) is 1. The van der Waals surface area contributed by atoms with Crippen LogP contribution in [0.15, 0.2) is 30.3 Å². The van der Waals surface area contributed by atoms with Crippen molar-refractivity contribution in [1.29, 1.82) is 0 Å². The Morgan fingerprint density at radius 1 is 1.18 bits per heavy atom. The third-order valence-corrected chi connectivity index (χ3v) is 3.99. The van der Waals surface area contributed by atoms with Crippen molar-refractivity contribution in [2.45, 2.75) is 32.7 Å². The molecule has 1 aromatic heterocycles. The van der Waals surface area contributed by atoms with Crippen LogP contribution in [-0.2, 0) is 13.0 Å². The summed E-state index contributed by atoms with van der Waals surface area (Å²) in [4.78, 5) is 0. The van der Waals surface area contributed by atoms with Crippen molar-refractivity contribution >= 4 is 0 Å². The quantitative estimate of drug-likeness (QED) is 0.795.